The number of carbonyl (C=O) groups excluding carboxylic acids is 1. The van der Waals surface area contributed by atoms with Crippen LogP contribution in [0.2, 0.25) is 0 Å². The van der Waals surface area contributed by atoms with Gasteiger partial charge in [0, 0.05) is 13.0 Å². The smallest absolute Gasteiger partial charge is 0.129 e. The summed E-state index contributed by atoms with van der Waals surface area (Å²) in [6, 6.07) is 10.5. The van der Waals surface area contributed by atoms with E-state index in [1.54, 1.807) is 6.92 Å². The lowest BCUT2D eigenvalue weighted by Gasteiger charge is -2.20. The molecule has 0 spiro atoms. The van der Waals surface area contributed by atoms with Crippen LogP contribution < -0.4 is 0 Å². The van der Waals surface area contributed by atoms with Crippen molar-refractivity contribution >= 4 is 5.78 Å². The van der Waals surface area contributed by atoms with Crippen molar-refractivity contribution in [3.05, 3.63) is 35.9 Å². The molecular formula is C14H21NO. The zero-order chi connectivity index (χ0) is 11.8. The van der Waals surface area contributed by atoms with Gasteiger partial charge in [-0.25, -0.2) is 0 Å². The Balaban J connectivity index is 2.34. The SMILES string of the molecule is CCN(CCCC(C)=O)Cc1ccccc1. The van der Waals surface area contributed by atoms with Crippen molar-refractivity contribution in [3.63, 3.8) is 0 Å². The Morgan fingerprint density at radius 2 is 1.94 bits per heavy atom. The van der Waals surface area contributed by atoms with Crippen LogP contribution >= 0.6 is 0 Å². The van der Waals surface area contributed by atoms with Crippen LogP contribution in [-0.2, 0) is 11.3 Å². The largest absolute Gasteiger partial charge is 0.300 e. The van der Waals surface area contributed by atoms with Gasteiger partial charge in [0.2, 0.25) is 0 Å². The number of carbonyl (C=O) groups is 1. The van der Waals surface area contributed by atoms with E-state index < -0.39 is 0 Å². The van der Waals surface area contributed by atoms with Crippen molar-refractivity contribution < 1.29 is 4.79 Å². The Morgan fingerprint density at radius 3 is 2.50 bits per heavy atom. The Hall–Kier alpha value is -1.15. The molecule has 0 fully saturated rings. The van der Waals surface area contributed by atoms with E-state index in [9.17, 15) is 4.79 Å². The molecule has 0 aromatic heterocycles. The molecule has 0 aliphatic carbocycles. The first kappa shape index (κ1) is 12.9. The number of rotatable bonds is 7. The van der Waals surface area contributed by atoms with Crippen molar-refractivity contribution in [2.45, 2.75) is 33.2 Å². The molecule has 0 radical (unpaired) electrons. The lowest BCUT2D eigenvalue weighted by atomic mass is 10.2. The van der Waals surface area contributed by atoms with Crippen LogP contribution in [0.4, 0.5) is 0 Å². The maximum atomic E-state index is 10.9. The van der Waals surface area contributed by atoms with Gasteiger partial charge in [-0.3, -0.25) is 4.90 Å². The number of hydrogen-bond donors (Lipinski definition) is 0. The second kappa shape index (κ2) is 7.18. The fourth-order valence-corrected chi connectivity index (χ4v) is 1.74. The second-order valence-electron chi connectivity index (χ2n) is 4.16. The molecule has 88 valence electrons. The molecule has 1 rings (SSSR count). The number of hydrogen-bond acceptors (Lipinski definition) is 2. The van der Waals surface area contributed by atoms with Gasteiger partial charge in [0.15, 0.2) is 0 Å². The number of benzene rings is 1. The maximum absolute atomic E-state index is 10.9. The van der Waals surface area contributed by atoms with E-state index in [0.29, 0.717) is 6.42 Å². The molecule has 2 nitrogen and oxygen atoms in total. The van der Waals surface area contributed by atoms with E-state index in [-0.39, 0.29) is 5.78 Å². The van der Waals surface area contributed by atoms with E-state index in [2.05, 4.69) is 36.1 Å². The molecule has 0 N–H and O–H groups in total. The van der Waals surface area contributed by atoms with Gasteiger partial charge in [-0.05, 0) is 32.0 Å². The van der Waals surface area contributed by atoms with Crippen LogP contribution in [0.25, 0.3) is 0 Å². The Kier molecular flexibility index (Phi) is 5.79. The third-order valence-electron chi connectivity index (χ3n) is 2.70. The molecule has 1 aromatic rings. The molecule has 0 bridgehead atoms. The highest BCUT2D eigenvalue weighted by Gasteiger charge is 2.03. The normalized spacial score (nSPS) is 10.7. The van der Waals surface area contributed by atoms with Gasteiger partial charge in [0.05, 0.1) is 0 Å². The van der Waals surface area contributed by atoms with Gasteiger partial charge in [0.1, 0.15) is 5.78 Å². The molecular weight excluding hydrogens is 198 g/mol. The average Bonchev–Trinajstić information content (AvgIpc) is 2.28. The number of nitrogens with zero attached hydrogens (tertiary/aromatic N) is 1. The topological polar surface area (TPSA) is 20.3 Å². The van der Waals surface area contributed by atoms with E-state index >= 15 is 0 Å². The highest BCUT2D eigenvalue weighted by Crippen LogP contribution is 2.05. The standard InChI is InChI=1S/C14H21NO/c1-3-15(11-7-8-13(2)16)12-14-9-5-4-6-10-14/h4-6,9-10H,3,7-8,11-12H2,1-2H3. The summed E-state index contributed by atoms with van der Waals surface area (Å²) >= 11 is 0. The summed E-state index contributed by atoms with van der Waals surface area (Å²) in [5.74, 6) is 0.288. The summed E-state index contributed by atoms with van der Waals surface area (Å²) in [6.07, 6.45) is 1.67. The zero-order valence-corrected chi connectivity index (χ0v) is 10.3. The van der Waals surface area contributed by atoms with Crippen LogP contribution in [0.3, 0.4) is 0 Å². The van der Waals surface area contributed by atoms with Gasteiger partial charge in [-0.2, -0.15) is 0 Å². The molecule has 0 aliphatic rings. The Bertz CT molecular complexity index is 308. The first-order valence-corrected chi connectivity index (χ1v) is 5.98. The minimum absolute atomic E-state index is 0.288. The molecule has 0 saturated heterocycles. The molecule has 0 amide bonds. The quantitative estimate of drug-likeness (QED) is 0.703. The predicted molar refractivity (Wildman–Crippen MR) is 67.3 cm³/mol. The van der Waals surface area contributed by atoms with Crippen LogP contribution in [-0.4, -0.2) is 23.8 Å². The molecule has 0 unspecified atom stereocenters. The van der Waals surface area contributed by atoms with Crippen molar-refractivity contribution in [2.24, 2.45) is 0 Å². The van der Waals surface area contributed by atoms with E-state index in [1.165, 1.54) is 5.56 Å². The Morgan fingerprint density at radius 1 is 1.25 bits per heavy atom. The average molecular weight is 219 g/mol. The van der Waals surface area contributed by atoms with Crippen molar-refractivity contribution in [2.75, 3.05) is 13.1 Å². The summed E-state index contributed by atoms with van der Waals surface area (Å²) in [5.41, 5.74) is 1.34. The molecule has 0 heterocycles. The van der Waals surface area contributed by atoms with Crippen LogP contribution in [0.1, 0.15) is 32.3 Å². The van der Waals surface area contributed by atoms with Crippen LogP contribution in [0.5, 0.6) is 0 Å². The summed E-state index contributed by atoms with van der Waals surface area (Å²) in [7, 11) is 0. The van der Waals surface area contributed by atoms with Crippen molar-refractivity contribution in [1.29, 1.82) is 0 Å². The van der Waals surface area contributed by atoms with Gasteiger partial charge >= 0.3 is 0 Å². The summed E-state index contributed by atoms with van der Waals surface area (Å²) < 4.78 is 0. The lowest BCUT2D eigenvalue weighted by Crippen LogP contribution is -2.24. The molecule has 0 atom stereocenters. The number of ketones is 1. The summed E-state index contributed by atoms with van der Waals surface area (Å²) in [6.45, 7) is 6.84. The molecule has 0 aliphatic heterocycles. The monoisotopic (exact) mass is 219 g/mol. The number of Topliss-reactive ketones (excluding diaryl/α,β-unsaturated/α-hetero) is 1. The van der Waals surface area contributed by atoms with Crippen molar-refractivity contribution in [1.82, 2.24) is 4.90 Å². The second-order valence-corrected chi connectivity index (χ2v) is 4.16. The van der Waals surface area contributed by atoms with Gasteiger partial charge in [-0.1, -0.05) is 37.3 Å². The molecule has 2 heteroatoms. The van der Waals surface area contributed by atoms with Gasteiger partial charge in [0.25, 0.3) is 0 Å². The third-order valence-corrected chi connectivity index (χ3v) is 2.70. The zero-order valence-electron chi connectivity index (χ0n) is 10.3. The van der Waals surface area contributed by atoms with E-state index in [1.807, 2.05) is 6.07 Å². The van der Waals surface area contributed by atoms with Gasteiger partial charge < -0.3 is 4.79 Å². The highest BCUT2D eigenvalue weighted by atomic mass is 16.1. The summed E-state index contributed by atoms with van der Waals surface area (Å²) in [5, 5.41) is 0. The first-order valence-electron chi connectivity index (χ1n) is 5.98. The lowest BCUT2D eigenvalue weighted by molar-refractivity contribution is -0.117. The summed E-state index contributed by atoms with van der Waals surface area (Å²) in [4.78, 5) is 13.2. The van der Waals surface area contributed by atoms with Crippen LogP contribution in [0, 0.1) is 0 Å². The van der Waals surface area contributed by atoms with Gasteiger partial charge in [-0.15, -0.1) is 0 Å². The van der Waals surface area contributed by atoms with E-state index in [4.69, 9.17) is 0 Å². The maximum Gasteiger partial charge on any atom is 0.129 e. The molecule has 0 saturated carbocycles. The minimum atomic E-state index is 0.288. The minimum Gasteiger partial charge on any atom is -0.300 e. The van der Waals surface area contributed by atoms with Crippen molar-refractivity contribution in [3.8, 4) is 0 Å². The van der Waals surface area contributed by atoms with E-state index in [0.717, 1.165) is 26.1 Å². The highest BCUT2D eigenvalue weighted by molar-refractivity contribution is 5.75. The fourth-order valence-electron chi connectivity index (χ4n) is 1.74. The molecule has 1 aromatic carbocycles. The van der Waals surface area contributed by atoms with Crippen LogP contribution in [0.15, 0.2) is 30.3 Å². The first-order chi connectivity index (χ1) is 7.72. The fraction of sp³-hybridized carbons (Fsp3) is 0.500. The predicted octanol–water partition coefficient (Wildman–Crippen LogP) is 2.88. The Labute approximate surface area is 98.3 Å². The molecule has 16 heavy (non-hydrogen) atoms. The third kappa shape index (κ3) is 5.08.